The Morgan fingerprint density at radius 3 is 2.66 bits per heavy atom. The molecule has 0 saturated heterocycles. The minimum absolute atomic E-state index is 0.0814. The Balaban J connectivity index is 1.52. The predicted octanol–water partition coefficient (Wildman–Crippen LogP) is 4.40. The molecule has 0 spiro atoms. The number of rotatable bonds is 9. The van der Waals surface area contributed by atoms with Crippen LogP contribution in [0.3, 0.4) is 0 Å². The van der Waals surface area contributed by atoms with Gasteiger partial charge < -0.3 is 28.1 Å². The van der Waals surface area contributed by atoms with E-state index in [4.69, 9.17) is 23.4 Å². The monoisotopic (exact) mass is 477 g/mol. The van der Waals surface area contributed by atoms with Gasteiger partial charge in [0, 0.05) is 5.56 Å². The van der Waals surface area contributed by atoms with Crippen LogP contribution in [0, 0.1) is 0 Å². The first-order valence-corrected chi connectivity index (χ1v) is 10.7. The molecule has 0 aliphatic carbocycles. The molecule has 180 valence electrons. The number of furan rings is 1. The maximum atomic E-state index is 12.4. The van der Waals surface area contributed by atoms with Crippen LogP contribution in [0.1, 0.15) is 34.4 Å². The summed E-state index contributed by atoms with van der Waals surface area (Å²) in [5, 5.41) is 0. The maximum Gasteiger partial charge on any atom is 0.373 e. The second-order valence-corrected chi connectivity index (χ2v) is 7.25. The van der Waals surface area contributed by atoms with Crippen LogP contribution in [-0.2, 0) is 20.9 Å². The average molecular weight is 477 g/mol. The average Bonchev–Trinajstić information content (AvgIpc) is 3.50. The third-order valence-corrected chi connectivity index (χ3v) is 4.93. The Labute approximate surface area is 201 Å². The third kappa shape index (κ3) is 5.52. The Hall–Kier alpha value is -4.53. The van der Waals surface area contributed by atoms with Gasteiger partial charge in [0.15, 0.2) is 17.2 Å². The Morgan fingerprint density at radius 2 is 1.89 bits per heavy atom. The number of aliphatic imine (C=N–C) groups is 1. The van der Waals surface area contributed by atoms with Gasteiger partial charge in [0.1, 0.15) is 18.1 Å². The standard InChI is InChI=1S/C26H23NO8/c1-4-32-23-13-16(8-10-21(23)33-15-19-9-11-22(34-19)26(29)31-3)12-20-25(28)35-24(27-20)17-6-5-7-18(14-17)30-2/h5-14H,4,15H2,1-3H3/b20-12+. The minimum atomic E-state index is -0.564. The fraction of sp³-hybridized carbons (Fsp3) is 0.192. The summed E-state index contributed by atoms with van der Waals surface area (Å²) in [6.45, 7) is 2.34. The first kappa shape index (κ1) is 23.6. The second-order valence-electron chi connectivity index (χ2n) is 7.25. The first-order chi connectivity index (χ1) is 17.0. The molecule has 0 bridgehead atoms. The van der Waals surface area contributed by atoms with Crippen molar-refractivity contribution < 1.29 is 37.7 Å². The molecule has 0 unspecified atom stereocenters. The van der Waals surface area contributed by atoms with E-state index in [0.29, 0.717) is 40.7 Å². The molecule has 35 heavy (non-hydrogen) atoms. The Bertz CT molecular complexity index is 1300. The van der Waals surface area contributed by atoms with Gasteiger partial charge >= 0.3 is 11.9 Å². The van der Waals surface area contributed by atoms with E-state index in [1.807, 2.05) is 6.92 Å². The number of nitrogens with zero attached hydrogens (tertiary/aromatic N) is 1. The Morgan fingerprint density at radius 1 is 1.03 bits per heavy atom. The van der Waals surface area contributed by atoms with Crippen molar-refractivity contribution in [3.8, 4) is 17.2 Å². The second kappa shape index (κ2) is 10.6. The van der Waals surface area contributed by atoms with Crippen molar-refractivity contribution in [2.45, 2.75) is 13.5 Å². The van der Waals surface area contributed by atoms with E-state index in [-0.39, 0.29) is 24.0 Å². The summed E-state index contributed by atoms with van der Waals surface area (Å²) in [7, 11) is 2.84. The SMILES string of the molecule is CCOc1cc(/C=C2/N=C(c3cccc(OC)c3)OC2=O)ccc1OCc1ccc(C(=O)OC)o1. The third-order valence-electron chi connectivity index (χ3n) is 4.93. The summed E-state index contributed by atoms with van der Waals surface area (Å²) in [4.78, 5) is 28.3. The smallest absolute Gasteiger partial charge is 0.373 e. The molecule has 2 aromatic carbocycles. The van der Waals surface area contributed by atoms with Gasteiger partial charge in [0.05, 0.1) is 20.8 Å². The fourth-order valence-corrected chi connectivity index (χ4v) is 3.26. The van der Waals surface area contributed by atoms with Crippen LogP contribution >= 0.6 is 0 Å². The van der Waals surface area contributed by atoms with Crippen LogP contribution < -0.4 is 14.2 Å². The van der Waals surface area contributed by atoms with Crippen LogP contribution in [0.25, 0.3) is 6.08 Å². The molecule has 0 saturated carbocycles. The van der Waals surface area contributed by atoms with Crippen molar-refractivity contribution in [2.24, 2.45) is 4.99 Å². The molecule has 9 heteroatoms. The minimum Gasteiger partial charge on any atom is -0.497 e. The number of benzene rings is 2. The summed E-state index contributed by atoms with van der Waals surface area (Å²) < 4.78 is 32.1. The lowest BCUT2D eigenvalue weighted by molar-refractivity contribution is -0.129. The van der Waals surface area contributed by atoms with Gasteiger partial charge in [-0.25, -0.2) is 14.6 Å². The van der Waals surface area contributed by atoms with E-state index < -0.39 is 11.9 Å². The quantitative estimate of drug-likeness (QED) is 0.330. The van der Waals surface area contributed by atoms with Gasteiger partial charge in [-0.3, -0.25) is 0 Å². The molecular formula is C26H23NO8. The number of hydrogen-bond donors (Lipinski definition) is 0. The van der Waals surface area contributed by atoms with Crippen molar-refractivity contribution >= 4 is 23.9 Å². The molecule has 2 heterocycles. The first-order valence-electron chi connectivity index (χ1n) is 10.7. The number of ether oxygens (including phenoxy) is 5. The lowest BCUT2D eigenvalue weighted by Crippen LogP contribution is -2.05. The maximum absolute atomic E-state index is 12.4. The molecule has 0 radical (unpaired) electrons. The number of esters is 2. The lowest BCUT2D eigenvalue weighted by atomic mass is 10.1. The van der Waals surface area contributed by atoms with Crippen LogP contribution in [0.2, 0.25) is 0 Å². The highest BCUT2D eigenvalue weighted by Gasteiger charge is 2.24. The summed E-state index contributed by atoms with van der Waals surface area (Å²) >= 11 is 0. The van der Waals surface area contributed by atoms with Crippen LogP contribution in [0.5, 0.6) is 17.2 Å². The molecule has 3 aromatic rings. The van der Waals surface area contributed by atoms with Gasteiger partial charge in [0.2, 0.25) is 11.7 Å². The molecular weight excluding hydrogens is 454 g/mol. The van der Waals surface area contributed by atoms with Gasteiger partial charge in [-0.05, 0) is 61.0 Å². The lowest BCUT2D eigenvalue weighted by Gasteiger charge is -2.12. The van der Waals surface area contributed by atoms with Gasteiger partial charge in [-0.2, -0.15) is 0 Å². The topological polar surface area (TPSA) is 106 Å². The number of hydrogen-bond acceptors (Lipinski definition) is 9. The van der Waals surface area contributed by atoms with Gasteiger partial charge in [0.25, 0.3) is 0 Å². The molecule has 1 aromatic heterocycles. The number of methoxy groups -OCH3 is 2. The van der Waals surface area contributed by atoms with Crippen molar-refractivity contribution in [1.82, 2.24) is 0 Å². The molecule has 4 rings (SSSR count). The van der Waals surface area contributed by atoms with Crippen LogP contribution in [0.15, 0.2) is 69.7 Å². The summed E-state index contributed by atoms with van der Waals surface area (Å²) in [5.41, 5.74) is 1.47. The highest BCUT2D eigenvalue weighted by atomic mass is 16.6. The number of carbonyl (C=O) groups is 2. The molecule has 0 atom stereocenters. The molecule has 1 aliphatic heterocycles. The van der Waals surface area contributed by atoms with Crippen molar-refractivity contribution in [3.63, 3.8) is 0 Å². The summed E-state index contributed by atoms with van der Waals surface area (Å²) in [5.74, 6) is 1.21. The number of carbonyl (C=O) groups excluding carboxylic acids is 2. The van der Waals surface area contributed by atoms with Crippen molar-refractivity contribution in [2.75, 3.05) is 20.8 Å². The van der Waals surface area contributed by atoms with E-state index in [1.54, 1.807) is 61.7 Å². The van der Waals surface area contributed by atoms with E-state index in [1.165, 1.54) is 13.2 Å². The van der Waals surface area contributed by atoms with E-state index in [2.05, 4.69) is 9.73 Å². The van der Waals surface area contributed by atoms with Crippen molar-refractivity contribution in [3.05, 3.63) is 82.9 Å². The molecule has 0 fully saturated rings. The van der Waals surface area contributed by atoms with Crippen LogP contribution in [-0.4, -0.2) is 38.7 Å². The summed E-state index contributed by atoms with van der Waals surface area (Å²) in [6.07, 6.45) is 1.61. The molecule has 1 aliphatic rings. The highest BCUT2D eigenvalue weighted by Crippen LogP contribution is 2.31. The zero-order valence-electron chi connectivity index (χ0n) is 19.4. The molecule has 9 nitrogen and oxygen atoms in total. The molecule has 0 N–H and O–H groups in total. The largest absolute Gasteiger partial charge is 0.497 e. The fourth-order valence-electron chi connectivity index (χ4n) is 3.26. The van der Waals surface area contributed by atoms with Crippen LogP contribution in [0.4, 0.5) is 0 Å². The van der Waals surface area contributed by atoms with E-state index >= 15 is 0 Å². The van der Waals surface area contributed by atoms with Gasteiger partial charge in [-0.15, -0.1) is 0 Å². The zero-order chi connectivity index (χ0) is 24.8. The zero-order valence-corrected chi connectivity index (χ0v) is 19.4. The normalized spacial score (nSPS) is 13.9. The van der Waals surface area contributed by atoms with E-state index in [9.17, 15) is 9.59 Å². The Kier molecular flexibility index (Phi) is 7.15. The summed E-state index contributed by atoms with van der Waals surface area (Å²) in [6, 6.07) is 15.5. The highest BCUT2D eigenvalue weighted by molar-refractivity contribution is 6.13. The van der Waals surface area contributed by atoms with Crippen molar-refractivity contribution in [1.29, 1.82) is 0 Å². The van der Waals surface area contributed by atoms with Gasteiger partial charge in [-0.1, -0.05) is 12.1 Å². The van der Waals surface area contributed by atoms with E-state index in [0.717, 1.165) is 0 Å². The number of cyclic esters (lactones) is 1. The predicted molar refractivity (Wildman–Crippen MR) is 126 cm³/mol. The molecule has 0 amide bonds.